The second-order valence-electron chi connectivity index (χ2n) is 6.27. The van der Waals surface area contributed by atoms with Crippen LogP contribution in [0.25, 0.3) is 0 Å². The van der Waals surface area contributed by atoms with E-state index < -0.39 is 0 Å². The van der Waals surface area contributed by atoms with E-state index in [1.165, 1.54) is 36.0 Å². The molecule has 3 aromatic carbocycles. The van der Waals surface area contributed by atoms with E-state index >= 15 is 0 Å². The van der Waals surface area contributed by atoms with Crippen molar-refractivity contribution in [2.24, 2.45) is 0 Å². The first-order valence-corrected chi connectivity index (χ1v) is 11.9. The molecule has 0 spiro atoms. The first-order valence-electron chi connectivity index (χ1n) is 11.9. The maximum Gasteiger partial charge on any atom is -0.0279 e. The average Bonchev–Trinajstić information content (AvgIpc) is 2.87. The lowest BCUT2D eigenvalue weighted by molar-refractivity contribution is 0.795. The predicted molar refractivity (Wildman–Crippen MR) is 139 cm³/mol. The fraction of sp³-hybridized carbons (Fsp3) is 0.400. The van der Waals surface area contributed by atoms with Gasteiger partial charge >= 0.3 is 0 Å². The molecular weight excluding hydrogens is 360 g/mol. The lowest BCUT2D eigenvalue weighted by Crippen LogP contribution is -1.81. The third-order valence-electron chi connectivity index (χ3n) is 4.16. The van der Waals surface area contributed by atoms with E-state index in [4.69, 9.17) is 0 Å². The molecule has 3 rings (SSSR count). The highest BCUT2D eigenvalue weighted by molar-refractivity contribution is 5.15. The number of unbranched alkanes of at least 4 members (excludes halogenated alkanes) is 1. The summed E-state index contributed by atoms with van der Waals surface area (Å²) in [6, 6.07) is 31.6. The highest BCUT2D eigenvalue weighted by Crippen LogP contribution is 2.03. The van der Waals surface area contributed by atoms with Crippen LogP contribution in [0, 0.1) is 0 Å². The molecule has 0 aromatic heterocycles. The quantitative estimate of drug-likeness (QED) is 0.395. The number of hydrogen-bond donors (Lipinski definition) is 0. The Morgan fingerprint density at radius 3 is 0.967 bits per heavy atom. The summed E-state index contributed by atoms with van der Waals surface area (Å²) in [6.07, 6.45) is 6.11. The van der Waals surface area contributed by atoms with Gasteiger partial charge in [0.2, 0.25) is 0 Å². The summed E-state index contributed by atoms with van der Waals surface area (Å²) in [5, 5.41) is 0. The lowest BCUT2D eigenvalue weighted by Gasteiger charge is -1.96. The van der Waals surface area contributed by atoms with E-state index in [1.807, 2.05) is 39.8 Å². The zero-order valence-electron chi connectivity index (χ0n) is 20.7. The molecule has 0 heterocycles. The number of rotatable bonds is 5. The van der Waals surface area contributed by atoms with Crippen molar-refractivity contribution in [2.45, 2.75) is 80.6 Å². The van der Waals surface area contributed by atoms with Crippen molar-refractivity contribution in [3.63, 3.8) is 0 Å². The summed E-state index contributed by atoms with van der Waals surface area (Å²) in [5.41, 5.74) is 4.28. The molecule has 0 aliphatic carbocycles. The number of aryl methyl sites for hydroxylation is 3. The van der Waals surface area contributed by atoms with Gasteiger partial charge in [-0.3, -0.25) is 0 Å². The van der Waals surface area contributed by atoms with E-state index in [9.17, 15) is 0 Å². The Morgan fingerprint density at radius 2 is 0.733 bits per heavy atom. The van der Waals surface area contributed by atoms with Gasteiger partial charge in [0, 0.05) is 0 Å². The molecule has 0 atom stereocenters. The topological polar surface area (TPSA) is 0 Å². The zero-order chi connectivity index (χ0) is 22.9. The summed E-state index contributed by atoms with van der Waals surface area (Å²) in [6.45, 7) is 14.5. The summed E-state index contributed by atoms with van der Waals surface area (Å²) in [4.78, 5) is 0. The van der Waals surface area contributed by atoms with Crippen LogP contribution in [-0.4, -0.2) is 0 Å². The van der Waals surface area contributed by atoms with Gasteiger partial charge in [-0.25, -0.2) is 0 Å². The van der Waals surface area contributed by atoms with Crippen molar-refractivity contribution < 1.29 is 0 Å². The van der Waals surface area contributed by atoms with Gasteiger partial charge in [-0.2, -0.15) is 0 Å². The zero-order valence-corrected chi connectivity index (χ0v) is 20.7. The largest absolute Gasteiger partial charge is 0.0683 e. The third kappa shape index (κ3) is 17.7. The van der Waals surface area contributed by atoms with Crippen molar-refractivity contribution in [3.8, 4) is 0 Å². The maximum absolute atomic E-state index is 2.23. The summed E-state index contributed by atoms with van der Waals surface area (Å²) >= 11 is 0. The van der Waals surface area contributed by atoms with Gasteiger partial charge in [0.25, 0.3) is 0 Å². The Hall–Kier alpha value is -2.34. The Labute approximate surface area is 188 Å². The van der Waals surface area contributed by atoms with Gasteiger partial charge < -0.3 is 0 Å². The normalized spacial score (nSPS) is 8.50. The van der Waals surface area contributed by atoms with Gasteiger partial charge in [-0.15, -0.1) is 0 Å². The van der Waals surface area contributed by atoms with E-state index in [1.54, 1.807) is 0 Å². The van der Waals surface area contributed by atoms with Gasteiger partial charge in [0.1, 0.15) is 0 Å². The van der Waals surface area contributed by atoms with Gasteiger partial charge in [-0.1, -0.05) is 146 Å². The number of benzene rings is 3. The van der Waals surface area contributed by atoms with Gasteiger partial charge in [0.15, 0.2) is 0 Å². The molecule has 0 unspecified atom stereocenters. The van der Waals surface area contributed by atoms with Crippen molar-refractivity contribution in [3.05, 3.63) is 108 Å². The lowest BCUT2D eigenvalue weighted by atomic mass is 10.1. The van der Waals surface area contributed by atoms with Crippen LogP contribution < -0.4 is 0 Å². The summed E-state index contributed by atoms with van der Waals surface area (Å²) < 4.78 is 0. The van der Waals surface area contributed by atoms with Crippen LogP contribution in [0.5, 0.6) is 0 Å². The molecule has 0 saturated heterocycles. The third-order valence-corrected chi connectivity index (χ3v) is 4.16. The van der Waals surface area contributed by atoms with Crippen LogP contribution in [-0.2, 0) is 19.3 Å². The van der Waals surface area contributed by atoms with Crippen LogP contribution in [0.2, 0.25) is 0 Å². The summed E-state index contributed by atoms with van der Waals surface area (Å²) in [7, 11) is 0. The van der Waals surface area contributed by atoms with Crippen LogP contribution in [0.1, 0.15) is 78.0 Å². The van der Waals surface area contributed by atoms with Crippen molar-refractivity contribution in [1.29, 1.82) is 0 Å². The number of hydrogen-bond acceptors (Lipinski definition) is 0. The Balaban J connectivity index is 0. The first kappa shape index (κ1) is 29.9. The Morgan fingerprint density at radius 1 is 0.433 bits per heavy atom. The standard InChI is InChI=1S/C10H14.2C8H10.2C2H6/c1-2-3-7-10-8-5-4-6-9-10;2*1-2-8-6-4-3-5-7-8;2*1-2/h4-6,8-9H,2-3,7H2,1H3;2*3-7H,2H2,1H3;2*1-2H3. The molecule has 0 bridgehead atoms. The fourth-order valence-corrected chi connectivity index (χ4v) is 2.45. The molecule has 3 aromatic rings. The molecule has 0 fully saturated rings. The van der Waals surface area contributed by atoms with Crippen LogP contribution >= 0.6 is 0 Å². The highest BCUT2D eigenvalue weighted by Gasteiger charge is 1.87. The molecular formula is C30H46. The van der Waals surface area contributed by atoms with E-state index in [0.717, 1.165) is 12.8 Å². The Kier molecular flexibility index (Phi) is 24.6. The Bertz CT molecular complexity index is 602. The summed E-state index contributed by atoms with van der Waals surface area (Å²) in [5.74, 6) is 0. The van der Waals surface area contributed by atoms with Crippen molar-refractivity contribution >= 4 is 0 Å². The maximum atomic E-state index is 2.23. The minimum absolute atomic E-state index is 1.14. The minimum atomic E-state index is 1.14. The van der Waals surface area contributed by atoms with Gasteiger partial charge in [-0.05, 0) is 42.4 Å². The molecule has 0 heteroatoms. The molecule has 0 radical (unpaired) electrons. The van der Waals surface area contributed by atoms with E-state index in [-0.39, 0.29) is 0 Å². The predicted octanol–water partition coefficient (Wildman–Crippen LogP) is 9.58. The van der Waals surface area contributed by atoms with Crippen molar-refractivity contribution in [2.75, 3.05) is 0 Å². The monoisotopic (exact) mass is 406 g/mol. The second kappa shape index (κ2) is 24.7. The van der Waals surface area contributed by atoms with Crippen LogP contribution in [0.15, 0.2) is 91.0 Å². The molecule has 166 valence electrons. The molecule has 0 nitrogen and oxygen atoms in total. The SMILES string of the molecule is CC.CC.CCCCc1ccccc1.CCc1ccccc1.CCc1ccccc1. The first-order chi connectivity index (χ1) is 14.8. The minimum Gasteiger partial charge on any atom is -0.0683 e. The second-order valence-corrected chi connectivity index (χ2v) is 6.27. The van der Waals surface area contributed by atoms with Crippen LogP contribution in [0.4, 0.5) is 0 Å². The van der Waals surface area contributed by atoms with E-state index in [2.05, 4.69) is 99.6 Å². The molecule has 0 aliphatic rings. The molecule has 0 saturated carbocycles. The highest BCUT2D eigenvalue weighted by atomic mass is 13.9. The molecule has 0 N–H and O–H groups in total. The van der Waals surface area contributed by atoms with Gasteiger partial charge in [0.05, 0.1) is 0 Å². The molecule has 0 aliphatic heterocycles. The molecule has 30 heavy (non-hydrogen) atoms. The average molecular weight is 407 g/mol. The van der Waals surface area contributed by atoms with E-state index in [0.29, 0.717) is 0 Å². The fourth-order valence-electron chi connectivity index (χ4n) is 2.45. The smallest absolute Gasteiger partial charge is 0.0279 e. The molecule has 0 amide bonds. The van der Waals surface area contributed by atoms with Crippen LogP contribution in [0.3, 0.4) is 0 Å². The van der Waals surface area contributed by atoms with Crippen molar-refractivity contribution in [1.82, 2.24) is 0 Å².